The highest BCUT2D eigenvalue weighted by molar-refractivity contribution is 6.33. The second-order valence-corrected chi connectivity index (χ2v) is 5.07. The first-order valence-corrected chi connectivity index (χ1v) is 6.86. The molecule has 0 saturated heterocycles. The van der Waals surface area contributed by atoms with Gasteiger partial charge in [-0.2, -0.15) is 0 Å². The standard InChI is InChI=1S/C16H19ClN2/c1-3-12-6-4-5-7-13(12)10-19-16-9-14(17)15(18)8-11(16)2/h4-9,19H,3,10,18H2,1-2H3. The first-order valence-electron chi connectivity index (χ1n) is 6.48. The van der Waals surface area contributed by atoms with Crippen molar-refractivity contribution in [1.29, 1.82) is 0 Å². The molecule has 0 bridgehead atoms. The van der Waals surface area contributed by atoms with E-state index in [1.54, 1.807) is 0 Å². The molecule has 0 spiro atoms. The van der Waals surface area contributed by atoms with E-state index in [2.05, 4.69) is 36.5 Å². The van der Waals surface area contributed by atoms with Gasteiger partial charge in [0, 0.05) is 12.2 Å². The van der Waals surface area contributed by atoms with Crippen molar-refractivity contribution in [2.75, 3.05) is 11.1 Å². The van der Waals surface area contributed by atoms with Crippen molar-refractivity contribution in [3.05, 3.63) is 58.1 Å². The minimum atomic E-state index is 0.594. The average molecular weight is 275 g/mol. The Kier molecular flexibility index (Phi) is 4.33. The van der Waals surface area contributed by atoms with Crippen molar-refractivity contribution in [2.24, 2.45) is 0 Å². The summed E-state index contributed by atoms with van der Waals surface area (Å²) in [6, 6.07) is 12.3. The summed E-state index contributed by atoms with van der Waals surface area (Å²) >= 11 is 6.06. The first kappa shape index (κ1) is 13.8. The molecule has 2 rings (SSSR count). The van der Waals surface area contributed by atoms with Crippen LogP contribution >= 0.6 is 11.6 Å². The van der Waals surface area contributed by atoms with Gasteiger partial charge in [-0.3, -0.25) is 0 Å². The fourth-order valence-electron chi connectivity index (χ4n) is 2.16. The van der Waals surface area contributed by atoms with Crippen molar-refractivity contribution in [3.63, 3.8) is 0 Å². The second-order valence-electron chi connectivity index (χ2n) is 4.66. The Balaban J connectivity index is 2.17. The van der Waals surface area contributed by atoms with Gasteiger partial charge in [-0.25, -0.2) is 0 Å². The van der Waals surface area contributed by atoms with E-state index in [1.807, 2.05) is 19.1 Å². The predicted octanol–water partition coefficient (Wildman–Crippen LogP) is 4.41. The van der Waals surface area contributed by atoms with Crippen LogP contribution in [-0.4, -0.2) is 0 Å². The molecular formula is C16H19ClN2. The van der Waals surface area contributed by atoms with Crippen molar-refractivity contribution in [2.45, 2.75) is 26.8 Å². The van der Waals surface area contributed by atoms with E-state index < -0.39 is 0 Å². The van der Waals surface area contributed by atoms with E-state index >= 15 is 0 Å². The molecule has 3 N–H and O–H groups in total. The SMILES string of the molecule is CCc1ccccc1CNc1cc(Cl)c(N)cc1C. The van der Waals surface area contributed by atoms with Gasteiger partial charge < -0.3 is 11.1 Å². The van der Waals surface area contributed by atoms with E-state index in [0.29, 0.717) is 10.7 Å². The van der Waals surface area contributed by atoms with E-state index in [-0.39, 0.29) is 0 Å². The van der Waals surface area contributed by atoms with Gasteiger partial charge in [-0.05, 0) is 42.2 Å². The Morgan fingerprint density at radius 2 is 1.84 bits per heavy atom. The molecule has 100 valence electrons. The summed E-state index contributed by atoms with van der Waals surface area (Å²) in [5, 5.41) is 4.03. The van der Waals surface area contributed by atoms with Gasteiger partial charge in [-0.1, -0.05) is 42.8 Å². The zero-order valence-electron chi connectivity index (χ0n) is 11.3. The maximum absolute atomic E-state index is 6.06. The Labute approximate surface area is 119 Å². The summed E-state index contributed by atoms with van der Waals surface area (Å²) < 4.78 is 0. The van der Waals surface area contributed by atoms with E-state index in [9.17, 15) is 0 Å². The number of aryl methyl sites for hydroxylation is 2. The fourth-order valence-corrected chi connectivity index (χ4v) is 2.32. The van der Waals surface area contributed by atoms with Crippen LogP contribution in [0.4, 0.5) is 11.4 Å². The lowest BCUT2D eigenvalue weighted by Crippen LogP contribution is -2.04. The van der Waals surface area contributed by atoms with Crippen molar-refractivity contribution in [3.8, 4) is 0 Å². The van der Waals surface area contributed by atoms with Crippen LogP contribution in [0, 0.1) is 6.92 Å². The fraction of sp³-hybridized carbons (Fsp3) is 0.250. The number of nitrogens with two attached hydrogens (primary N) is 1. The van der Waals surface area contributed by atoms with Crippen LogP contribution in [0.25, 0.3) is 0 Å². The van der Waals surface area contributed by atoms with Crippen molar-refractivity contribution in [1.82, 2.24) is 0 Å². The number of hydrogen-bond donors (Lipinski definition) is 2. The quantitative estimate of drug-likeness (QED) is 0.811. The summed E-state index contributed by atoms with van der Waals surface area (Å²) in [6.45, 7) is 5.00. The molecule has 0 aliphatic rings. The van der Waals surface area contributed by atoms with E-state index in [0.717, 1.165) is 24.2 Å². The normalized spacial score (nSPS) is 10.5. The zero-order chi connectivity index (χ0) is 13.8. The molecule has 0 saturated carbocycles. The van der Waals surface area contributed by atoms with Gasteiger partial charge in [-0.15, -0.1) is 0 Å². The van der Waals surface area contributed by atoms with Crippen LogP contribution in [0.5, 0.6) is 0 Å². The van der Waals surface area contributed by atoms with E-state index in [4.69, 9.17) is 17.3 Å². The number of hydrogen-bond acceptors (Lipinski definition) is 2. The highest BCUT2D eigenvalue weighted by Crippen LogP contribution is 2.27. The largest absolute Gasteiger partial charge is 0.398 e. The smallest absolute Gasteiger partial charge is 0.0656 e. The summed E-state index contributed by atoms with van der Waals surface area (Å²) in [5.41, 5.74) is 11.2. The van der Waals surface area contributed by atoms with Crippen LogP contribution in [0.3, 0.4) is 0 Å². The lowest BCUT2D eigenvalue weighted by Gasteiger charge is -2.13. The average Bonchev–Trinajstić information content (AvgIpc) is 2.41. The third-order valence-electron chi connectivity index (χ3n) is 3.31. The molecule has 0 amide bonds. The van der Waals surface area contributed by atoms with Crippen LogP contribution in [0.15, 0.2) is 36.4 Å². The highest BCUT2D eigenvalue weighted by atomic mass is 35.5. The Bertz CT molecular complexity index is 579. The molecule has 0 atom stereocenters. The molecule has 0 aliphatic heterocycles. The lowest BCUT2D eigenvalue weighted by atomic mass is 10.1. The van der Waals surface area contributed by atoms with Gasteiger partial charge in [0.25, 0.3) is 0 Å². The van der Waals surface area contributed by atoms with Crippen LogP contribution in [0.2, 0.25) is 5.02 Å². The molecule has 19 heavy (non-hydrogen) atoms. The topological polar surface area (TPSA) is 38.0 Å². The third kappa shape index (κ3) is 3.21. The molecule has 0 aliphatic carbocycles. The van der Waals surface area contributed by atoms with Crippen molar-refractivity contribution < 1.29 is 0 Å². The minimum Gasteiger partial charge on any atom is -0.398 e. The van der Waals surface area contributed by atoms with Crippen LogP contribution in [0.1, 0.15) is 23.6 Å². The Morgan fingerprint density at radius 3 is 2.53 bits per heavy atom. The molecule has 3 heteroatoms. The summed E-state index contributed by atoms with van der Waals surface area (Å²) in [7, 11) is 0. The van der Waals surface area contributed by atoms with Gasteiger partial charge in [0.05, 0.1) is 10.7 Å². The van der Waals surface area contributed by atoms with E-state index in [1.165, 1.54) is 11.1 Å². The monoisotopic (exact) mass is 274 g/mol. The Hall–Kier alpha value is -1.67. The van der Waals surface area contributed by atoms with Crippen molar-refractivity contribution >= 4 is 23.0 Å². The maximum atomic E-state index is 6.06. The Morgan fingerprint density at radius 1 is 1.16 bits per heavy atom. The minimum absolute atomic E-state index is 0.594. The number of halogens is 1. The molecule has 0 aromatic heterocycles. The molecule has 2 aromatic rings. The summed E-state index contributed by atoms with van der Waals surface area (Å²) in [6.07, 6.45) is 1.04. The molecule has 0 radical (unpaired) electrons. The molecule has 0 heterocycles. The molecule has 0 fully saturated rings. The molecule has 0 unspecified atom stereocenters. The van der Waals surface area contributed by atoms with Gasteiger partial charge in [0.1, 0.15) is 0 Å². The van der Waals surface area contributed by atoms with Gasteiger partial charge in [0.15, 0.2) is 0 Å². The summed E-state index contributed by atoms with van der Waals surface area (Å²) in [5.74, 6) is 0. The molecular weight excluding hydrogens is 256 g/mol. The highest BCUT2D eigenvalue weighted by Gasteiger charge is 2.05. The number of rotatable bonds is 4. The van der Waals surface area contributed by atoms with Crippen LogP contribution < -0.4 is 11.1 Å². The first-order chi connectivity index (χ1) is 9.11. The second kappa shape index (κ2) is 5.98. The van der Waals surface area contributed by atoms with Crippen LogP contribution in [-0.2, 0) is 13.0 Å². The number of anilines is 2. The summed E-state index contributed by atoms with van der Waals surface area (Å²) in [4.78, 5) is 0. The van der Waals surface area contributed by atoms with Gasteiger partial charge >= 0.3 is 0 Å². The lowest BCUT2D eigenvalue weighted by molar-refractivity contribution is 1.04. The zero-order valence-corrected chi connectivity index (χ0v) is 12.1. The molecule has 2 nitrogen and oxygen atoms in total. The number of nitrogen functional groups attached to an aromatic ring is 1. The number of benzene rings is 2. The number of nitrogens with one attached hydrogen (secondary N) is 1. The maximum Gasteiger partial charge on any atom is 0.0656 e. The van der Waals surface area contributed by atoms with Gasteiger partial charge in [0.2, 0.25) is 0 Å². The predicted molar refractivity (Wildman–Crippen MR) is 83.7 cm³/mol. The molecule has 2 aromatic carbocycles. The third-order valence-corrected chi connectivity index (χ3v) is 3.64.